The quantitative estimate of drug-likeness (QED) is 0.459. The van der Waals surface area contributed by atoms with Crippen molar-refractivity contribution < 1.29 is 4.74 Å². The van der Waals surface area contributed by atoms with Crippen LogP contribution in [0, 0.1) is 11.8 Å². The van der Waals surface area contributed by atoms with E-state index in [9.17, 15) is 0 Å². The van der Waals surface area contributed by atoms with E-state index in [1.165, 1.54) is 6.42 Å². The normalized spacial score (nSPS) is 9.17. The van der Waals surface area contributed by atoms with E-state index in [1.807, 2.05) is 6.92 Å². The Morgan fingerprint density at radius 2 is 2.17 bits per heavy atom. The minimum Gasteiger partial charge on any atom is -0.380 e. The van der Waals surface area contributed by atoms with E-state index in [1.54, 1.807) is 0 Å². The van der Waals surface area contributed by atoms with Gasteiger partial charge in [-0.15, -0.1) is 5.92 Å². The van der Waals surface area contributed by atoms with Crippen LogP contribution in [0.1, 0.15) is 26.7 Å². The Morgan fingerprint density at radius 3 is 2.83 bits per heavy atom. The zero-order valence-corrected chi connectivity index (χ0v) is 8.15. The monoisotopic (exact) mass is 169 g/mol. The Hall–Kier alpha value is -0.520. The van der Waals surface area contributed by atoms with Gasteiger partial charge < -0.3 is 10.1 Å². The van der Waals surface area contributed by atoms with E-state index in [0.717, 1.165) is 32.7 Å². The number of ether oxygens (including phenoxy) is 1. The molecule has 0 unspecified atom stereocenters. The molecule has 0 radical (unpaired) electrons. The first kappa shape index (κ1) is 11.5. The Labute approximate surface area is 75.7 Å². The first-order valence-corrected chi connectivity index (χ1v) is 4.60. The zero-order valence-electron chi connectivity index (χ0n) is 8.15. The van der Waals surface area contributed by atoms with Gasteiger partial charge in [-0.1, -0.05) is 19.3 Å². The highest BCUT2D eigenvalue weighted by Crippen LogP contribution is 1.86. The molecule has 2 nitrogen and oxygen atoms in total. The molecule has 0 aromatic rings. The highest BCUT2D eigenvalue weighted by atomic mass is 16.5. The maximum absolute atomic E-state index is 5.34. The molecule has 0 amide bonds. The molecule has 0 atom stereocenters. The van der Waals surface area contributed by atoms with Crippen molar-refractivity contribution >= 4 is 0 Å². The number of hydrogen-bond donors (Lipinski definition) is 1. The molecule has 0 aliphatic carbocycles. The van der Waals surface area contributed by atoms with Gasteiger partial charge in [0.15, 0.2) is 0 Å². The molecule has 0 rings (SSSR count). The summed E-state index contributed by atoms with van der Waals surface area (Å²) in [6.45, 7) is 7.37. The molecule has 0 saturated carbocycles. The summed E-state index contributed by atoms with van der Waals surface area (Å²) in [6.07, 6.45) is 2.36. The van der Waals surface area contributed by atoms with Crippen LogP contribution in [0.4, 0.5) is 0 Å². The van der Waals surface area contributed by atoms with E-state index in [4.69, 9.17) is 4.74 Å². The molecular weight excluding hydrogens is 150 g/mol. The molecule has 0 saturated heterocycles. The second kappa shape index (κ2) is 10.5. The van der Waals surface area contributed by atoms with Crippen molar-refractivity contribution in [3.05, 3.63) is 0 Å². The van der Waals surface area contributed by atoms with Gasteiger partial charge >= 0.3 is 0 Å². The van der Waals surface area contributed by atoms with Gasteiger partial charge in [0, 0.05) is 13.2 Å². The van der Waals surface area contributed by atoms with Crippen molar-refractivity contribution in [1.29, 1.82) is 0 Å². The van der Waals surface area contributed by atoms with E-state index >= 15 is 0 Å². The van der Waals surface area contributed by atoms with E-state index < -0.39 is 0 Å². The van der Waals surface area contributed by atoms with Crippen LogP contribution in [0.5, 0.6) is 0 Å². The van der Waals surface area contributed by atoms with Gasteiger partial charge in [-0.3, -0.25) is 0 Å². The lowest BCUT2D eigenvalue weighted by Gasteiger charge is -2.02. The van der Waals surface area contributed by atoms with Crippen LogP contribution >= 0.6 is 0 Å². The predicted molar refractivity (Wildman–Crippen MR) is 52.0 cm³/mol. The topological polar surface area (TPSA) is 21.3 Å². The van der Waals surface area contributed by atoms with Crippen molar-refractivity contribution in [2.24, 2.45) is 0 Å². The maximum Gasteiger partial charge on any atom is 0.0591 e. The SMILES string of the molecule is CC#CCNCCOCCCC. The molecule has 12 heavy (non-hydrogen) atoms. The fourth-order valence-electron chi connectivity index (χ4n) is 0.732. The van der Waals surface area contributed by atoms with Gasteiger partial charge in [-0.05, 0) is 13.3 Å². The van der Waals surface area contributed by atoms with Gasteiger partial charge in [-0.2, -0.15) is 0 Å². The molecule has 0 fully saturated rings. The van der Waals surface area contributed by atoms with E-state index in [-0.39, 0.29) is 0 Å². The number of unbranched alkanes of at least 4 members (excludes halogenated alkanes) is 1. The smallest absolute Gasteiger partial charge is 0.0591 e. The Kier molecular flexibility index (Phi) is 10.0. The molecule has 0 heterocycles. The van der Waals surface area contributed by atoms with Crippen molar-refractivity contribution in [3.63, 3.8) is 0 Å². The molecule has 0 spiro atoms. The van der Waals surface area contributed by atoms with E-state index in [0.29, 0.717) is 0 Å². The summed E-state index contributed by atoms with van der Waals surface area (Å²) in [5.74, 6) is 5.76. The Balaban J connectivity index is 2.84. The predicted octanol–water partition coefficient (Wildman–Crippen LogP) is 1.42. The van der Waals surface area contributed by atoms with Gasteiger partial charge in [0.1, 0.15) is 0 Å². The lowest BCUT2D eigenvalue weighted by atomic mass is 10.4. The third-order valence-corrected chi connectivity index (χ3v) is 1.46. The third kappa shape index (κ3) is 9.48. The second-order valence-electron chi connectivity index (χ2n) is 2.57. The standard InChI is InChI=1S/C10H19NO/c1-3-5-7-11-8-10-12-9-6-4-2/h11H,4,6-10H2,1-2H3. The lowest BCUT2D eigenvalue weighted by molar-refractivity contribution is 0.134. The van der Waals surface area contributed by atoms with Crippen LogP contribution in [-0.2, 0) is 4.74 Å². The van der Waals surface area contributed by atoms with Gasteiger partial charge in [-0.25, -0.2) is 0 Å². The summed E-state index contributed by atoms with van der Waals surface area (Å²) < 4.78 is 5.34. The molecule has 0 aliphatic rings. The van der Waals surface area contributed by atoms with E-state index in [2.05, 4.69) is 24.1 Å². The zero-order chi connectivity index (χ0) is 9.07. The largest absolute Gasteiger partial charge is 0.380 e. The van der Waals surface area contributed by atoms with Crippen molar-refractivity contribution in [3.8, 4) is 11.8 Å². The first-order valence-electron chi connectivity index (χ1n) is 4.60. The molecular formula is C10H19NO. The Bertz CT molecular complexity index is 135. The number of hydrogen-bond acceptors (Lipinski definition) is 2. The summed E-state index contributed by atoms with van der Waals surface area (Å²) in [5.41, 5.74) is 0. The third-order valence-electron chi connectivity index (χ3n) is 1.46. The minimum atomic E-state index is 0.771. The molecule has 0 aromatic carbocycles. The molecule has 0 aromatic heterocycles. The summed E-state index contributed by atoms with van der Waals surface area (Å²) in [7, 11) is 0. The lowest BCUT2D eigenvalue weighted by Crippen LogP contribution is -2.20. The summed E-state index contributed by atoms with van der Waals surface area (Å²) in [4.78, 5) is 0. The summed E-state index contributed by atoms with van der Waals surface area (Å²) >= 11 is 0. The van der Waals surface area contributed by atoms with Crippen LogP contribution in [0.15, 0.2) is 0 Å². The number of nitrogens with one attached hydrogen (secondary N) is 1. The average Bonchev–Trinajstić information content (AvgIpc) is 2.10. The summed E-state index contributed by atoms with van der Waals surface area (Å²) in [6, 6.07) is 0. The molecule has 0 bridgehead atoms. The highest BCUT2D eigenvalue weighted by Gasteiger charge is 1.86. The molecule has 1 N–H and O–H groups in total. The van der Waals surface area contributed by atoms with Gasteiger partial charge in [0.25, 0.3) is 0 Å². The molecule has 0 aliphatic heterocycles. The van der Waals surface area contributed by atoms with Crippen LogP contribution < -0.4 is 5.32 Å². The first-order chi connectivity index (χ1) is 5.91. The maximum atomic E-state index is 5.34. The minimum absolute atomic E-state index is 0.771. The van der Waals surface area contributed by atoms with Crippen LogP contribution in [0.3, 0.4) is 0 Å². The van der Waals surface area contributed by atoms with Crippen molar-refractivity contribution in [2.45, 2.75) is 26.7 Å². The highest BCUT2D eigenvalue weighted by molar-refractivity contribution is 4.96. The van der Waals surface area contributed by atoms with Crippen LogP contribution in [0.2, 0.25) is 0 Å². The number of rotatable bonds is 7. The Morgan fingerprint density at radius 1 is 1.33 bits per heavy atom. The average molecular weight is 169 g/mol. The van der Waals surface area contributed by atoms with Crippen molar-refractivity contribution in [2.75, 3.05) is 26.3 Å². The fraction of sp³-hybridized carbons (Fsp3) is 0.800. The van der Waals surface area contributed by atoms with Crippen molar-refractivity contribution in [1.82, 2.24) is 5.32 Å². The molecule has 2 heteroatoms. The van der Waals surface area contributed by atoms with Crippen LogP contribution in [0.25, 0.3) is 0 Å². The van der Waals surface area contributed by atoms with Gasteiger partial charge in [0.05, 0.1) is 13.2 Å². The van der Waals surface area contributed by atoms with Gasteiger partial charge in [0.2, 0.25) is 0 Å². The van der Waals surface area contributed by atoms with Crippen LogP contribution in [-0.4, -0.2) is 26.3 Å². The fourth-order valence-corrected chi connectivity index (χ4v) is 0.732. The summed E-state index contributed by atoms with van der Waals surface area (Å²) in [5, 5.41) is 3.16. The molecule has 70 valence electrons. The second-order valence-corrected chi connectivity index (χ2v) is 2.57.